The molecule has 9 heteroatoms. The number of hydrogen-bond donors (Lipinski definition) is 1. The van der Waals surface area contributed by atoms with Crippen LogP contribution in [0, 0.1) is 17.2 Å². The van der Waals surface area contributed by atoms with E-state index >= 15 is 0 Å². The minimum Gasteiger partial charge on any atom is -0.435 e. The number of aromatic nitrogens is 1. The summed E-state index contributed by atoms with van der Waals surface area (Å²) in [5, 5.41) is 10.3. The number of rotatable bonds is 8. The molecule has 2 saturated carbocycles. The molecule has 0 aliphatic heterocycles. The molecule has 2 fully saturated rings. The molecule has 0 spiro atoms. The van der Waals surface area contributed by atoms with E-state index in [1.807, 2.05) is 4.57 Å². The van der Waals surface area contributed by atoms with Crippen molar-refractivity contribution in [3.05, 3.63) is 48.0 Å². The Kier molecular flexibility index (Phi) is 5.94. The third kappa shape index (κ3) is 4.47. The highest BCUT2D eigenvalue weighted by Crippen LogP contribution is 2.40. The van der Waals surface area contributed by atoms with Crippen molar-refractivity contribution in [2.45, 2.75) is 56.9 Å². The summed E-state index contributed by atoms with van der Waals surface area (Å²) in [6, 6.07) is 13.9. The number of nitriles is 1. The van der Waals surface area contributed by atoms with E-state index in [2.05, 4.69) is 15.5 Å². The predicted molar refractivity (Wildman–Crippen MR) is 126 cm³/mol. The number of anilines is 1. The second-order valence-corrected chi connectivity index (χ2v) is 11.0. The Balaban J connectivity index is 1.53. The molecule has 0 radical (unpaired) electrons. The highest BCUT2D eigenvalue weighted by Gasteiger charge is 2.29. The van der Waals surface area contributed by atoms with E-state index in [4.69, 9.17) is 0 Å². The van der Waals surface area contributed by atoms with Gasteiger partial charge in [-0.25, -0.2) is 8.42 Å². The maximum atomic E-state index is 12.8. The fourth-order valence-corrected chi connectivity index (χ4v) is 6.39. The lowest BCUT2D eigenvalue weighted by atomic mass is 10.1. The van der Waals surface area contributed by atoms with E-state index < -0.39 is 16.6 Å². The lowest BCUT2D eigenvalue weighted by Gasteiger charge is -2.15. The minimum atomic E-state index is -3.44. The molecule has 2 aliphatic carbocycles. The number of fused-ring (bicyclic) bond motifs is 1. The van der Waals surface area contributed by atoms with Crippen LogP contribution in [0.1, 0.15) is 44.1 Å². The van der Waals surface area contributed by atoms with Gasteiger partial charge < -0.3 is 9.30 Å². The van der Waals surface area contributed by atoms with Crippen LogP contribution in [-0.4, -0.2) is 24.8 Å². The van der Waals surface area contributed by atoms with Crippen molar-refractivity contribution in [3.8, 4) is 23.1 Å². The summed E-state index contributed by atoms with van der Waals surface area (Å²) in [6.45, 7) is -2.26. The van der Waals surface area contributed by atoms with E-state index in [-0.39, 0.29) is 11.0 Å². The molecule has 5 rings (SSSR count). The predicted octanol–water partition coefficient (Wildman–Crippen LogP) is 5.88. The summed E-state index contributed by atoms with van der Waals surface area (Å²) >= 11 is 0. The van der Waals surface area contributed by atoms with Crippen molar-refractivity contribution in [1.29, 1.82) is 5.26 Å². The summed E-state index contributed by atoms with van der Waals surface area (Å²) < 4.78 is 60.1. The first-order valence-corrected chi connectivity index (χ1v) is 13.0. The van der Waals surface area contributed by atoms with Crippen molar-refractivity contribution in [2.75, 3.05) is 4.72 Å². The topological polar surface area (TPSA) is 84.1 Å². The third-order valence-corrected chi connectivity index (χ3v) is 8.54. The number of halogens is 2. The third-order valence-electron chi connectivity index (χ3n) is 6.67. The van der Waals surface area contributed by atoms with E-state index in [0.717, 1.165) is 31.2 Å². The van der Waals surface area contributed by atoms with Gasteiger partial charge in [0.15, 0.2) is 0 Å². The molecule has 178 valence electrons. The van der Waals surface area contributed by atoms with Gasteiger partial charge >= 0.3 is 6.61 Å². The molecule has 0 amide bonds. The maximum absolute atomic E-state index is 12.8. The highest BCUT2D eigenvalue weighted by molar-refractivity contribution is 7.93. The molecule has 2 aliphatic rings. The molecule has 6 nitrogen and oxygen atoms in total. The van der Waals surface area contributed by atoms with Crippen LogP contribution in [0.25, 0.3) is 22.2 Å². The van der Waals surface area contributed by atoms with Gasteiger partial charge in [0, 0.05) is 23.7 Å². The quantitative estimate of drug-likeness (QED) is 0.432. The Hall–Kier alpha value is -3.12. The van der Waals surface area contributed by atoms with Crippen molar-refractivity contribution < 1.29 is 21.9 Å². The van der Waals surface area contributed by atoms with Crippen molar-refractivity contribution in [3.63, 3.8) is 0 Å². The van der Waals surface area contributed by atoms with E-state index in [1.54, 1.807) is 36.4 Å². The van der Waals surface area contributed by atoms with Crippen LogP contribution in [0.3, 0.4) is 0 Å². The molecular formula is C25H25F2N3O3S. The summed E-state index contributed by atoms with van der Waals surface area (Å²) in [7, 11) is -3.44. The van der Waals surface area contributed by atoms with Gasteiger partial charge in [-0.15, -0.1) is 0 Å². The number of benzene rings is 2. The number of nitrogens with zero attached hydrogens (tertiary/aromatic N) is 2. The Morgan fingerprint density at radius 2 is 1.79 bits per heavy atom. The second-order valence-electron chi connectivity index (χ2n) is 9.08. The van der Waals surface area contributed by atoms with Crippen molar-refractivity contribution >= 4 is 26.6 Å². The molecule has 2 aromatic carbocycles. The summed E-state index contributed by atoms with van der Waals surface area (Å²) in [6.07, 6.45) is 5.37. The molecule has 3 aromatic rings. The van der Waals surface area contributed by atoms with Gasteiger partial charge in [0.2, 0.25) is 10.0 Å². The first-order valence-electron chi connectivity index (χ1n) is 11.5. The lowest BCUT2D eigenvalue weighted by Crippen LogP contribution is -2.25. The van der Waals surface area contributed by atoms with Crippen LogP contribution >= 0.6 is 0 Å². The van der Waals surface area contributed by atoms with Crippen LogP contribution in [0.5, 0.6) is 5.75 Å². The first-order chi connectivity index (χ1) is 16.4. The molecule has 0 unspecified atom stereocenters. The van der Waals surface area contributed by atoms with Gasteiger partial charge in [-0.2, -0.15) is 14.0 Å². The molecule has 0 saturated heterocycles. The van der Waals surface area contributed by atoms with Crippen molar-refractivity contribution in [2.24, 2.45) is 5.92 Å². The van der Waals surface area contributed by atoms with E-state index in [0.29, 0.717) is 53.2 Å². The molecule has 1 heterocycles. The number of ether oxygens (including phenoxy) is 1. The van der Waals surface area contributed by atoms with Crippen LogP contribution in [0.4, 0.5) is 14.5 Å². The Morgan fingerprint density at radius 3 is 2.41 bits per heavy atom. The number of sulfonamides is 1. The zero-order valence-corrected chi connectivity index (χ0v) is 19.3. The van der Waals surface area contributed by atoms with Gasteiger partial charge in [-0.1, -0.05) is 25.0 Å². The largest absolute Gasteiger partial charge is 0.435 e. The number of hydrogen-bond acceptors (Lipinski definition) is 4. The maximum Gasteiger partial charge on any atom is 0.387 e. The number of alkyl halides is 2. The monoisotopic (exact) mass is 485 g/mol. The van der Waals surface area contributed by atoms with Crippen LogP contribution in [0.2, 0.25) is 0 Å². The van der Waals surface area contributed by atoms with Gasteiger partial charge in [-0.05, 0) is 61.4 Å². The van der Waals surface area contributed by atoms with Gasteiger partial charge in [0.25, 0.3) is 0 Å². The highest BCUT2D eigenvalue weighted by atomic mass is 32.2. The smallest absolute Gasteiger partial charge is 0.387 e. The van der Waals surface area contributed by atoms with E-state index in [1.165, 1.54) is 6.07 Å². The second kappa shape index (κ2) is 8.91. The average Bonchev–Trinajstić information content (AvgIpc) is 3.32. The summed E-state index contributed by atoms with van der Waals surface area (Å²) in [5.74, 6) is 0.516. The van der Waals surface area contributed by atoms with Gasteiger partial charge in [0.1, 0.15) is 11.8 Å². The average molecular weight is 486 g/mol. The zero-order valence-electron chi connectivity index (χ0n) is 18.5. The standard InChI is InChI=1S/C25H25F2N3O3S/c26-25(27)33-19-11-12-21-22(14-28)24(30(23(21)13-19)15-16-5-6-16)17-7-9-18(10-8-17)29-34(31,32)20-3-1-2-4-20/h7-13,16,20,25,29H,1-6,15H2. The molecular weight excluding hydrogens is 460 g/mol. The van der Waals surface area contributed by atoms with Crippen LogP contribution < -0.4 is 9.46 Å². The number of nitrogens with one attached hydrogen (secondary N) is 1. The Morgan fingerprint density at radius 1 is 1.09 bits per heavy atom. The molecule has 1 N–H and O–H groups in total. The Labute approximate surface area is 197 Å². The van der Waals surface area contributed by atoms with Crippen LogP contribution in [0.15, 0.2) is 42.5 Å². The lowest BCUT2D eigenvalue weighted by molar-refractivity contribution is -0.0497. The summed E-state index contributed by atoms with van der Waals surface area (Å²) in [5.41, 5.74) is 3.06. The normalized spacial score (nSPS) is 16.8. The van der Waals surface area contributed by atoms with Crippen molar-refractivity contribution in [1.82, 2.24) is 4.57 Å². The fourth-order valence-electron chi connectivity index (χ4n) is 4.81. The molecule has 1 aromatic heterocycles. The molecule has 0 atom stereocenters. The molecule has 0 bridgehead atoms. The van der Waals surface area contributed by atoms with Crippen LogP contribution in [-0.2, 0) is 16.6 Å². The minimum absolute atomic E-state index is 0.0461. The van der Waals surface area contributed by atoms with Gasteiger partial charge in [-0.3, -0.25) is 4.72 Å². The van der Waals surface area contributed by atoms with Gasteiger partial charge in [0.05, 0.1) is 22.0 Å². The van der Waals surface area contributed by atoms with E-state index in [9.17, 15) is 22.5 Å². The summed E-state index contributed by atoms with van der Waals surface area (Å²) in [4.78, 5) is 0. The Bertz CT molecular complexity index is 1350. The SMILES string of the molecule is N#Cc1c(-c2ccc(NS(=O)(=O)C3CCCC3)cc2)n(CC2CC2)c2cc(OC(F)F)ccc12. The molecule has 34 heavy (non-hydrogen) atoms. The first kappa shape index (κ1) is 22.7. The zero-order chi connectivity index (χ0) is 23.9. The fraction of sp³-hybridized carbons (Fsp3) is 0.400.